The number of carbonyl (C=O) groups is 1. The number of aliphatic imine (C=N–C) groups is 1. The third kappa shape index (κ3) is 8.16. The Morgan fingerprint density at radius 3 is 2.65 bits per heavy atom. The molecule has 146 valence electrons. The number of benzene rings is 1. The number of rotatable bonds is 5. The molecule has 1 atom stereocenters. The van der Waals surface area contributed by atoms with Gasteiger partial charge in [-0.2, -0.15) is 0 Å². The molecular weight excluding hydrogens is 461 g/mol. The minimum absolute atomic E-state index is 0. The molecule has 0 aromatic heterocycles. The van der Waals surface area contributed by atoms with Crippen molar-refractivity contribution in [2.24, 2.45) is 10.9 Å². The number of likely N-dealkylation sites (tertiary alicyclic amines) is 1. The van der Waals surface area contributed by atoms with E-state index in [9.17, 15) is 4.79 Å². The number of esters is 1. The number of carbonyl (C=O) groups excluding carboxylic acids is 1. The Kier molecular flexibility index (Phi) is 9.78. The lowest BCUT2D eigenvalue weighted by Crippen LogP contribution is -2.43. The summed E-state index contributed by atoms with van der Waals surface area (Å²) in [6.07, 6.45) is 1.15. The largest absolute Gasteiger partial charge is 0.459 e. The number of halogens is 1. The van der Waals surface area contributed by atoms with Gasteiger partial charge < -0.3 is 15.0 Å². The zero-order valence-electron chi connectivity index (χ0n) is 16.0. The molecule has 7 heteroatoms. The summed E-state index contributed by atoms with van der Waals surface area (Å²) in [4.78, 5) is 19.7. The zero-order valence-corrected chi connectivity index (χ0v) is 19.2. The number of nitrogens with zero attached hydrogens (tertiary/aromatic N) is 2. The van der Waals surface area contributed by atoms with Crippen molar-refractivity contribution in [2.45, 2.75) is 37.7 Å². The Morgan fingerprint density at radius 1 is 1.35 bits per heavy atom. The van der Waals surface area contributed by atoms with Gasteiger partial charge >= 0.3 is 5.97 Å². The van der Waals surface area contributed by atoms with Crippen LogP contribution in [-0.2, 0) is 9.53 Å². The molecule has 1 unspecified atom stereocenters. The SMILES string of the molecule is CN=C(NCC(=O)OC(C)(C)C)N1CCC(CSc2ccccc2)C1.I. The summed E-state index contributed by atoms with van der Waals surface area (Å²) in [5, 5.41) is 3.12. The van der Waals surface area contributed by atoms with E-state index in [4.69, 9.17) is 4.74 Å². The van der Waals surface area contributed by atoms with E-state index in [2.05, 4.69) is 39.5 Å². The molecule has 1 N–H and O–H groups in total. The first-order chi connectivity index (χ1) is 11.9. The molecule has 1 aliphatic heterocycles. The van der Waals surface area contributed by atoms with Crippen LogP contribution >= 0.6 is 35.7 Å². The Morgan fingerprint density at radius 2 is 2.04 bits per heavy atom. The number of hydrogen-bond acceptors (Lipinski definition) is 4. The fourth-order valence-electron chi connectivity index (χ4n) is 2.75. The van der Waals surface area contributed by atoms with Crippen molar-refractivity contribution in [1.82, 2.24) is 10.2 Å². The number of thioether (sulfide) groups is 1. The third-order valence-corrected chi connectivity index (χ3v) is 5.08. The lowest BCUT2D eigenvalue weighted by Gasteiger charge is -2.23. The predicted molar refractivity (Wildman–Crippen MR) is 119 cm³/mol. The van der Waals surface area contributed by atoms with Gasteiger partial charge in [0, 0.05) is 30.8 Å². The van der Waals surface area contributed by atoms with E-state index in [-0.39, 0.29) is 36.5 Å². The summed E-state index contributed by atoms with van der Waals surface area (Å²) >= 11 is 1.90. The van der Waals surface area contributed by atoms with Gasteiger partial charge in [0.2, 0.25) is 0 Å². The maximum absolute atomic E-state index is 11.9. The van der Waals surface area contributed by atoms with Crippen LogP contribution in [0.1, 0.15) is 27.2 Å². The summed E-state index contributed by atoms with van der Waals surface area (Å²) < 4.78 is 5.33. The van der Waals surface area contributed by atoms with Crippen molar-refractivity contribution in [1.29, 1.82) is 0 Å². The molecule has 26 heavy (non-hydrogen) atoms. The van der Waals surface area contributed by atoms with Crippen molar-refractivity contribution >= 4 is 47.7 Å². The van der Waals surface area contributed by atoms with E-state index in [0.29, 0.717) is 5.92 Å². The average molecular weight is 491 g/mol. The Hall–Kier alpha value is -0.960. The Bertz CT molecular complexity index is 590. The van der Waals surface area contributed by atoms with Crippen LogP contribution in [0.2, 0.25) is 0 Å². The topological polar surface area (TPSA) is 53.9 Å². The minimum Gasteiger partial charge on any atom is -0.459 e. The summed E-state index contributed by atoms with van der Waals surface area (Å²) in [6.45, 7) is 7.69. The van der Waals surface area contributed by atoms with Gasteiger partial charge in [-0.05, 0) is 45.2 Å². The van der Waals surface area contributed by atoms with Gasteiger partial charge in [0.25, 0.3) is 0 Å². The molecule has 1 heterocycles. The van der Waals surface area contributed by atoms with E-state index in [0.717, 1.165) is 31.2 Å². The molecule has 0 saturated carbocycles. The maximum atomic E-state index is 11.9. The molecule has 0 spiro atoms. The first-order valence-electron chi connectivity index (χ1n) is 8.72. The fourth-order valence-corrected chi connectivity index (χ4v) is 3.80. The van der Waals surface area contributed by atoms with Gasteiger partial charge in [-0.3, -0.25) is 9.79 Å². The highest BCUT2D eigenvalue weighted by Gasteiger charge is 2.25. The number of nitrogens with one attached hydrogen (secondary N) is 1. The van der Waals surface area contributed by atoms with Crippen LogP contribution in [0.4, 0.5) is 0 Å². The van der Waals surface area contributed by atoms with E-state index < -0.39 is 5.60 Å². The van der Waals surface area contributed by atoms with Crippen LogP contribution in [0, 0.1) is 5.92 Å². The van der Waals surface area contributed by atoms with Gasteiger partial charge in [0.15, 0.2) is 5.96 Å². The Balaban J connectivity index is 0.00000338. The first kappa shape index (κ1) is 23.1. The normalized spacial score (nSPS) is 17.6. The highest BCUT2D eigenvalue weighted by molar-refractivity contribution is 14.0. The molecule has 0 aliphatic carbocycles. The van der Waals surface area contributed by atoms with Crippen LogP contribution in [-0.4, -0.2) is 54.9 Å². The molecule has 1 aliphatic rings. The minimum atomic E-state index is -0.463. The van der Waals surface area contributed by atoms with Gasteiger partial charge in [-0.15, -0.1) is 35.7 Å². The molecule has 0 bridgehead atoms. The molecule has 1 aromatic carbocycles. The van der Waals surface area contributed by atoms with Crippen LogP contribution in [0.25, 0.3) is 0 Å². The number of hydrogen-bond donors (Lipinski definition) is 1. The molecule has 1 saturated heterocycles. The fraction of sp³-hybridized carbons (Fsp3) is 0.579. The summed E-state index contributed by atoms with van der Waals surface area (Å²) in [5.74, 6) is 2.25. The van der Waals surface area contributed by atoms with Crippen LogP contribution in [0.15, 0.2) is 40.2 Å². The molecule has 0 amide bonds. The number of ether oxygens (including phenoxy) is 1. The molecule has 0 radical (unpaired) electrons. The van der Waals surface area contributed by atoms with Gasteiger partial charge in [-0.1, -0.05) is 18.2 Å². The van der Waals surface area contributed by atoms with Crippen molar-refractivity contribution in [3.8, 4) is 0 Å². The second kappa shape index (κ2) is 11.0. The van der Waals surface area contributed by atoms with Gasteiger partial charge in [0.05, 0.1) is 0 Å². The van der Waals surface area contributed by atoms with E-state index >= 15 is 0 Å². The molecule has 1 fully saturated rings. The van der Waals surface area contributed by atoms with E-state index in [1.54, 1.807) is 7.05 Å². The average Bonchev–Trinajstić information content (AvgIpc) is 3.02. The second-order valence-electron chi connectivity index (χ2n) is 7.21. The predicted octanol–water partition coefficient (Wildman–Crippen LogP) is 3.64. The van der Waals surface area contributed by atoms with Crippen molar-refractivity contribution in [3.05, 3.63) is 30.3 Å². The highest BCUT2D eigenvalue weighted by atomic mass is 127. The van der Waals surface area contributed by atoms with Gasteiger partial charge in [0.1, 0.15) is 12.1 Å². The van der Waals surface area contributed by atoms with Crippen LogP contribution in [0.3, 0.4) is 0 Å². The molecule has 2 rings (SSSR count). The highest BCUT2D eigenvalue weighted by Crippen LogP contribution is 2.25. The summed E-state index contributed by atoms with van der Waals surface area (Å²) in [5.41, 5.74) is -0.463. The number of guanidine groups is 1. The van der Waals surface area contributed by atoms with Crippen molar-refractivity contribution in [3.63, 3.8) is 0 Å². The quantitative estimate of drug-likeness (QED) is 0.224. The first-order valence-corrected chi connectivity index (χ1v) is 9.71. The van der Waals surface area contributed by atoms with Gasteiger partial charge in [-0.25, -0.2) is 0 Å². The standard InChI is InChI=1S/C19H29N3O2S.HI/c1-19(2,3)24-17(23)12-21-18(20-4)22-11-10-15(13-22)14-25-16-8-6-5-7-9-16;/h5-9,15H,10-14H2,1-4H3,(H,20,21);1H. The summed E-state index contributed by atoms with van der Waals surface area (Å²) in [7, 11) is 1.75. The van der Waals surface area contributed by atoms with E-state index in [1.165, 1.54) is 4.90 Å². The monoisotopic (exact) mass is 491 g/mol. The zero-order chi connectivity index (χ0) is 18.3. The Labute approximate surface area is 178 Å². The van der Waals surface area contributed by atoms with Crippen molar-refractivity contribution < 1.29 is 9.53 Å². The molecular formula is C19H30IN3O2S. The van der Waals surface area contributed by atoms with Crippen LogP contribution in [0.5, 0.6) is 0 Å². The smallest absolute Gasteiger partial charge is 0.325 e. The van der Waals surface area contributed by atoms with Crippen molar-refractivity contribution in [2.75, 3.05) is 32.4 Å². The van der Waals surface area contributed by atoms with E-state index in [1.807, 2.05) is 38.6 Å². The summed E-state index contributed by atoms with van der Waals surface area (Å²) in [6, 6.07) is 10.5. The lowest BCUT2D eigenvalue weighted by atomic mass is 10.2. The van der Waals surface area contributed by atoms with Crippen LogP contribution < -0.4 is 5.32 Å². The maximum Gasteiger partial charge on any atom is 0.325 e. The lowest BCUT2D eigenvalue weighted by molar-refractivity contribution is -0.153. The third-order valence-electron chi connectivity index (χ3n) is 3.84. The second-order valence-corrected chi connectivity index (χ2v) is 8.31. The molecule has 5 nitrogen and oxygen atoms in total. The molecule has 1 aromatic rings.